The molecule has 1 unspecified atom stereocenters. The molecule has 0 aliphatic heterocycles. The van der Waals surface area contributed by atoms with E-state index in [9.17, 15) is 0 Å². The second kappa shape index (κ2) is 8.25. The Morgan fingerprint density at radius 2 is 1.89 bits per heavy atom. The van der Waals surface area contributed by atoms with Crippen LogP contribution < -0.4 is 0 Å². The van der Waals surface area contributed by atoms with Crippen molar-refractivity contribution in [3.8, 4) is 0 Å². The Morgan fingerprint density at radius 3 is 2.22 bits per heavy atom. The second-order valence-corrected chi connectivity index (χ2v) is 3.02. The summed E-state index contributed by atoms with van der Waals surface area (Å²) < 4.78 is 0. The van der Waals surface area contributed by atoms with Crippen molar-refractivity contribution in [2.24, 2.45) is 0 Å². The predicted molar refractivity (Wildman–Crippen MR) is 43.1 cm³/mol. The minimum absolute atomic E-state index is 0. The lowest BCUT2D eigenvalue weighted by atomic mass is 10.2. The van der Waals surface area contributed by atoms with Crippen LogP contribution in [0.4, 0.5) is 0 Å². The topological polar surface area (TPSA) is 31.5 Å². The second-order valence-electron chi connectivity index (χ2n) is 2.28. The van der Waals surface area contributed by atoms with E-state index in [1.807, 2.05) is 0 Å². The fraction of sp³-hybridized carbons (Fsp3) is 1.00. The first-order valence-electron chi connectivity index (χ1n) is 3.41. The third kappa shape index (κ3) is 11.7. The fourth-order valence-electron chi connectivity index (χ4n) is 0.676. The number of unbranched alkanes of at least 4 members (excludes halogenated alkanes) is 2. The van der Waals surface area contributed by atoms with Crippen LogP contribution in [-0.2, 0) is 0 Å². The van der Waals surface area contributed by atoms with Crippen LogP contribution in [0.25, 0.3) is 0 Å². The molecule has 0 aliphatic carbocycles. The molecular formula is C7H17ClO. The lowest BCUT2D eigenvalue weighted by Crippen LogP contribution is -1.88. The molecule has 0 spiro atoms. The zero-order valence-corrected chi connectivity index (χ0v) is 7.04. The number of hydrogen-bond donors (Lipinski definition) is 0. The molecule has 58 valence electrons. The first-order chi connectivity index (χ1) is 3.77. The van der Waals surface area contributed by atoms with Crippen LogP contribution in [0, 0.1) is 0 Å². The molecule has 2 heteroatoms. The van der Waals surface area contributed by atoms with Gasteiger partial charge in [-0.2, -0.15) is 0 Å². The average Bonchev–Trinajstić information content (AvgIpc) is 1.66. The highest BCUT2D eigenvalue weighted by Crippen LogP contribution is 2.06. The van der Waals surface area contributed by atoms with Crippen molar-refractivity contribution in [2.45, 2.75) is 44.9 Å². The summed E-state index contributed by atoms with van der Waals surface area (Å²) in [6, 6.07) is 0. The SMILES string of the molecule is CCCCCC(C)Cl.O. The Balaban J connectivity index is 0. The molecule has 0 aliphatic rings. The van der Waals surface area contributed by atoms with Crippen molar-refractivity contribution < 1.29 is 5.48 Å². The van der Waals surface area contributed by atoms with Crippen LogP contribution in [0.2, 0.25) is 0 Å². The Hall–Kier alpha value is 0.250. The smallest absolute Gasteiger partial charge is 0.0307 e. The summed E-state index contributed by atoms with van der Waals surface area (Å²) in [6.07, 6.45) is 5.09. The molecule has 0 amide bonds. The Morgan fingerprint density at radius 1 is 1.33 bits per heavy atom. The Labute approximate surface area is 62.7 Å². The van der Waals surface area contributed by atoms with E-state index in [0.29, 0.717) is 5.38 Å². The molecule has 9 heavy (non-hydrogen) atoms. The average molecular weight is 153 g/mol. The number of rotatable bonds is 4. The molecule has 0 aromatic rings. The van der Waals surface area contributed by atoms with Gasteiger partial charge in [0.05, 0.1) is 0 Å². The van der Waals surface area contributed by atoms with Gasteiger partial charge >= 0.3 is 0 Å². The maximum Gasteiger partial charge on any atom is 0.0307 e. The van der Waals surface area contributed by atoms with Gasteiger partial charge in [0, 0.05) is 5.38 Å². The molecule has 0 aromatic carbocycles. The number of halogens is 1. The molecule has 0 saturated carbocycles. The van der Waals surface area contributed by atoms with E-state index >= 15 is 0 Å². The van der Waals surface area contributed by atoms with Crippen molar-refractivity contribution in [2.75, 3.05) is 0 Å². The summed E-state index contributed by atoms with van der Waals surface area (Å²) >= 11 is 5.71. The standard InChI is InChI=1S/C7H15Cl.H2O/c1-3-4-5-6-7(2)8;/h7H,3-6H2,1-2H3;1H2. The quantitative estimate of drug-likeness (QED) is 0.438. The van der Waals surface area contributed by atoms with Crippen LogP contribution in [0.15, 0.2) is 0 Å². The van der Waals surface area contributed by atoms with E-state index in [1.165, 1.54) is 25.7 Å². The fourth-order valence-corrected chi connectivity index (χ4v) is 0.830. The highest BCUT2D eigenvalue weighted by atomic mass is 35.5. The van der Waals surface area contributed by atoms with E-state index in [2.05, 4.69) is 13.8 Å². The van der Waals surface area contributed by atoms with Crippen LogP contribution in [0.3, 0.4) is 0 Å². The Kier molecular flexibility index (Phi) is 11.0. The van der Waals surface area contributed by atoms with Gasteiger partial charge in [-0.1, -0.05) is 26.2 Å². The molecule has 0 aromatic heterocycles. The maximum atomic E-state index is 5.71. The van der Waals surface area contributed by atoms with E-state index in [-0.39, 0.29) is 5.48 Å². The normalized spacial score (nSPS) is 12.3. The van der Waals surface area contributed by atoms with E-state index in [0.717, 1.165) is 0 Å². The van der Waals surface area contributed by atoms with Gasteiger partial charge in [0.15, 0.2) is 0 Å². The van der Waals surface area contributed by atoms with Crippen LogP contribution in [0.5, 0.6) is 0 Å². The molecule has 1 atom stereocenters. The summed E-state index contributed by atoms with van der Waals surface area (Å²) in [5, 5.41) is 0.376. The maximum absolute atomic E-state index is 5.71. The van der Waals surface area contributed by atoms with Crippen molar-refractivity contribution in [3.05, 3.63) is 0 Å². The van der Waals surface area contributed by atoms with Crippen molar-refractivity contribution in [1.29, 1.82) is 0 Å². The van der Waals surface area contributed by atoms with Gasteiger partial charge in [-0.15, -0.1) is 11.6 Å². The van der Waals surface area contributed by atoms with Crippen molar-refractivity contribution >= 4 is 11.6 Å². The highest BCUT2D eigenvalue weighted by molar-refractivity contribution is 6.20. The van der Waals surface area contributed by atoms with Crippen molar-refractivity contribution in [1.82, 2.24) is 0 Å². The van der Waals surface area contributed by atoms with Crippen LogP contribution in [-0.4, -0.2) is 10.9 Å². The number of alkyl halides is 1. The summed E-state index contributed by atoms with van der Waals surface area (Å²) in [7, 11) is 0. The molecule has 0 fully saturated rings. The summed E-state index contributed by atoms with van der Waals surface area (Å²) in [4.78, 5) is 0. The van der Waals surface area contributed by atoms with Crippen molar-refractivity contribution in [3.63, 3.8) is 0 Å². The molecule has 0 bridgehead atoms. The number of hydrogen-bond acceptors (Lipinski definition) is 0. The summed E-state index contributed by atoms with van der Waals surface area (Å²) in [5.74, 6) is 0. The third-order valence-electron chi connectivity index (χ3n) is 1.21. The minimum atomic E-state index is 0. The lowest BCUT2D eigenvalue weighted by molar-refractivity contribution is 0.660. The summed E-state index contributed by atoms with van der Waals surface area (Å²) in [6.45, 7) is 4.26. The first-order valence-corrected chi connectivity index (χ1v) is 3.85. The van der Waals surface area contributed by atoms with Crippen LogP contribution in [0.1, 0.15) is 39.5 Å². The highest BCUT2D eigenvalue weighted by Gasteiger charge is 1.92. The summed E-state index contributed by atoms with van der Waals surface area (Å²) in [5.41, 5.74) is 0. The van der Waals surface area contributed by atoms with Crippen LogP contribution >= 0.6 is 11.6 Å². The van der Waals surface area contributed by atoms with E-state index < -0.39 is 0 Å². The molecular weight excluding hydrogens is 136 g/mol. The van der Waals surface area contributed by atoms with E-state index in [4.69, 9.17) is 11.6 Å². The zero-order valence-electron chi connectivity index (χ0n) is 6.28. The van der Waals surface area contributed by atoms with Gasteiger partial charge in [0.25, 0.3) is 0 Å². The molecule has 1 nitrogen and oxygen atoms in total. The molecule has 0 rings (SSSR count). The molecule has 0 radical (unpaired) electrons. The zero-order chi connectivity index (χ0) is 6.41. The van der Waals surface area contributed by atoms with Gasteiger partial charge in [-0.05, 0) is 13.3 Å². The van der Waals surface area contributed by atoms with Gasteiger partial charge in [0.2, 0.25) is 0 Å². The molecule has 0 saturated heterocycles. The molecule has 0 heterocycles. The lowest BCUT2D eigenvalue weighted by Gasteiger charge is -1.98. The van der Waals surface area contributed by atoms with Gasteiger partial charge in [-0.25, -0.2) is 0 Å². The minimum Gasteiger partial charge on any atom is -0.412 e. The predicted octanol–water partition coefficient (Wildman–Crippen LogP) is 2.37. The Bertz CT molecular complexity index is 46.2. The van der Waals surface area contributed by atoms with E-state index in [1.54, 1.807) is 0 Å². The van der Waals surface area contributed by atoms with Gasteiger partial charge < -0.3 is 5.48 Å². The first kappa shape index (κ1) is 12.0. The molecule has 2 N–H and O–H groups in total. The largest absolute Gasteiger partial charge is 0.412 e. The van der Waals surface area contributed by atoms with Gasteiger partial charge in [-0.3, -0.25) is 0 Å². The monoisotopic (exact) mass is 152 g/mol. The van der Waals surface area contributed by atoms with Gasteiger partial charge in [0.1, 0.15) is 0 Å². The third-order valence-corrected chi connectivity index (χ3v) is 1.42.